The molecule has 0 fully saturated rings. The molecule has 0 aliphatic rings. The molecule has 2 aromatic rings. The molecule has 20 heavy (non-hydrogen) atoms. The molecule has 0 spiro atoms. The summed E-state index contributed by atoms with van der Waals surface area (Å²) in [5.41, 5.74) is 3.50. The predicted octanol–water partition coefficient (Wildman–Crippen LogP) is 4.35. The van der Waals surface area contributed by atoms with Crippen LogP contribution in [0.25, 0.3) is 0 Å². The van der Waals surface area contributed by atoms with Crippen molar-refractivity contribution in [2.75, 3.05) is 6.54 Å². The zero-order valence-electron chi connectivity index (χ0n) is 12.1. The minimum Gasteiger partial charge on any atom is -0.486 e. The number of aryl methyl sites for hydroxylation is 2. The van der Waals surface area contributed by atoms with E-state index in [0.717, 1.165) is 34.6 Å². The van der Waals surface area contributed by atoms with Gasteiger partial charge in [-0.15, -0.1) is 0 Å². The van der Waals surface area contributed by atoms with Crippen molar-refractivity contribution in [1.82, 2.24) is 5.32 Å². The van der Waals surface area contributed by atoms with Crippen molar-refractivity contribution < 1.29 is 9.15 Å². The first-order chi connectivity index (χ1) is 9.61. The third kappa shape index (κ3) is 3.64. The Hall–Kier alpha value is -1.26. The molecule has 0 aliphatic heterocycles. The van der Waals surface area contributed by atoms with Gasteiger partial charge < -0.3 is 14.5 Å². The van der Waals surface area contributed by atoms with Gasteiger partial charge in [-0.2, -0.15) is 0 Å². The minimum absolute atomic E-state index is 0.453. The maximum atomic E-state index is 5.85. The van der Waals surface area contributed by atoms with E-state index in [4.69, 9.17) is 9.15 Å². The summed E-state index contributed by atoms with van der Waals surface area (Å²) in [5.74, 6) is 1.75. The van der Waals surface area contributed by atoms with Crippen molar-refractivity contribution in [3.8, 4) is 5.75 Å². The van der Waals surface area contributed by atoms with Gasteiger partial charge in [0.05, 0.1) is 6.26 Å². The van der Waals surface area contributed by atoms with Crippen molar-refractivity contribution in [2.24, 2.45) is 0 Å². The molecule has 0 saturated carbocycles. The normalized spacial score (nSPS) is 10.8. The topological polar surface area (TPSA) is 34.4 Å². The molecule has 0 atom stereocenters. The Morgan fingerprint density at radius 3 is 2.60 bits per heavy atom. The molecular formula is C16H20BrNO2. The predicted molar refractivity (Wildman–Crippen MR) is 84.0 cm³/mol. The summed E-state index contributed by atoms with van der Waals surface area (Å²) in [6.07, 6.45) is 1.71. The van der Waals surface area contributed by atoms with Gasteiger partial charge >= 0.3 is 0 Å². The monoisotopic (exact) mass is 337 g/mol. The van der Waals surface area contributed by atoms with Crippen molar-refractivity contribution in [1.29, 1.82) is 0 Å². The number of hydrogen-bond donors (Lipinski definition) is 1. The Balaban J connectivity index is 2.04. The molecule has 1 aromatic carbocycles. The molecular weight excluding hydrogens is 318 g/mol. The van der Waals surface area contributed by atoms with Gasteiger partial charge in [-0.3, -0.25) is 0 Å². The van der Waals surface area contributed by atoms with Gasteiger partial charge in [-0.1, -0.05) is 22.9 Å². The zero-order valence-corrected chi connectivity index (χ0v) is 13.7. The number of ether oxygens (including phenoxy) is 1. The van der Waals surface area contributed by atoms with E-state index in [0.29, 0.717) is 6.61 Å². The van der Waals surface area contributed by atoms with Crippen LogP contribution in [-0.2, 0) is 13.2 Å². The van der Waals surface area contributed by atoms with Crippen molar-refractivity contribution in [3.05, 3.63) is 51.4 Å². The largest absolute Gasteiger partial charge is 0.486 e. The number of benzene rings is 1. The lowest BCUT2D eigenvalue weighted by atomic mass is 10.1. The highest BCUT2D eigenvalue weighted by Crippen LogP contribution is 2.27. The molecule has 0 aliphatic carbocycles. The van der Waals surface area contributed by atoms with Crippen LogP contribution in [0, 0.1) is 13.8 Å². The summed E-state index contributed by atoms with van der Waals surface area (Å²) in [4.78, 5) is 0. The Labute approximate surface area is 128 Å². The van der Waals surface area contributed by atoms with Gasteiger partial charge in [0, 0.05) is 16.6 Å². The third-order valence-corrected chi connectivity index (χ3v) is 4.43. The van der Waals surface area contributed by atoms with E-state index in [1.165, 1.54) is 11.1 Å². The Bertz CT molecular complexity index is 555. The number of nitrogens with one attached hydrogen (secondary N) is 1. The van der Waals surface area contributed by atoms with Crippen molar-refractivity contribution >= 4 is 15.9 Å². The van der Waals surface area contributed by atoms with E-state index in [1.807, 2.05) is 18.2 Å². The average molecular weight is 338 g/mol. The summed E-state index contributed by atoms with van der Waals surface area (Å²) in [5, 5.41) is 3.29. The van der Waals surface area contributed by atoms with Crippen molar-refractivity contribution in [2.45, 2.75) is 33.9 Å². The standard InChI is InChI=1S/C16H20BrNO2/c1-4-18-9-13-5-6-19-15(13)10-20-14-7-11(2)16(17)12(3)8-14/h5-8,18H,4,9-10H2,1-3H3. The van der Waals surface area contributed by atoms with Crippen LogP contribution in [0.15, 0.2) is 33.4 Å². The molecule has 0 saturated heterocycles. The Kier molecular flexibility index (Phi) is 5.26. The highest BCUT2D eigenvalue weighted by Gasteiger charge is 2.08. The Morgan fingerprint density at radius 1 is 1.25 bits per heavy atom. The molecule has 0 amide bonds. The smallest absolute Gasteiger partial charge is 0.146 e. The van der Waals surface area contributed by atoms with Gasteiger partial charge in [0.2, 0.25) is 0 Å². The van der Waals surface area contributed by atoms with Crippen LogP contribution in [0.4, 0.5) is 0 Å². The van der Waals surface area contributed by atoms with Crippen LogP contribution in [-0.4, -0.2) is 6.54 Å². The second kappa shape index (κ2) is 6.95. The van der Waals surface area contributed by atoms with Crippen molar-refractivity contribution in [3.63, 3.8) is 0 Å². The van der Waals surface area contributed by atoms with E-state index in [1.54, 1.807) is 6.26 Å². The summed E-state index contributed by atoms with van der Waals surface area (Å²) < 4.78 is 12.5. The first-order valence-electron chi connectivity index (χ1n) is 6.77. The Morgan fingerprint density at radius 2 is 1.95 bits per heavy atom. The van der Waals surface area contributed by atoms with Gasteiger partial charge in [0.1, 0.15) is 18.1 Å². The molecule has 1 aromatic heterocycles. The number of halogens is 1. The van der Waals surface area contributed by atoms with Crippen LogP contribution in [0.3, 0.4) is 0 Å². The lowest BCUT2D eigenvalue weighted by Crippen LogP contribution is -2.12. The van der Waals surface area contributed by atoms with Crippen LogP contribution in [0.2, 0.25) is 0 Å². The van der Waals surface area contributed by atoms with Gasteiger partial charge in [-0.25, -0.2) is 0 Å². The minimum atomic E-state index is 0.453. The van der Waals surface area contributed by atoms with Gasteiger partial charge in [0.15, 0.2) is 0 Å². The molecule has 1 heterocycles. The van der Waals surface area contributed by atoms with Crippen LogP contribution in [0.1, 0.15) is 29.4 Å². The molecule has 0 radical (unpaired) electrons. The summed E-state index contributed by atoms with van der Waals surface area (Å²) in [7, 11) is 0. The quantitative estimate of drug-likeness (QED) is 0.850. The molecule has 0 bridgehead atoms. The van der Waals surface area contributed by atoms with Crippen LogP contribution in [0.5, 0.6) is 5.75 Å². The van der Waals surface area contributed by atoms with E-state index in [2.05, 4.69) is 42.0 Å². The van der Waals surface area contributed by atoms with E-state index < -0.39 is 0 Å². The lowest BCUT2D eigenvalue weighted by Gasteiger charge is -2.10. The second-order valence-corrected chi connectivity index (χ2v) is 5.60. The number of rotatable bonds is 6. The molecule has 1 N–H and O–H groups in total. The second-order valence-electron chi connectivity index (χ2n) is 4.81. The number of furan rings is 1. The SMILES string of the molecule is CCNCc1ccoc1COc1cc(C)c(Br)c(C)c1. The fraction of sp³-hybridized carbons (Fsp3) is 0.375. The zero-order chi connectivity index (χ0) is 14.5. The molecule has 4 heteroatoms. The third-order valence-electron chi connectivity index (χ3n) is 3.18. The van der Waals surface area contributed by atoms with Crippen LogP contribution < -0.4 is 10.1 Å². The molecule has 108 valence electrons. The van der Waals surface area contributed by atoms with Crippen LogP contribution >= 0.6 is 15.9 Å². The maximum absolute atomic E-state index is 5.85. The highest BCUT2D eigenvalue weighted by atomic mass is 79.9. The van der Waals surface area contributed by atoms with E-state index in [-0.39, 0.29) is 0 Å². The van der Waals surface area contributed by atoms with Gasteiger partial charge in [0.25, 0.3) is 0 Å². The first-order valence-corrected chi connectivity index (χ1v) is 7.56. The molecule has 3 nitrogen and oxygen atoms in total. The summed E-state index contributed by atoms with van der Waals surface area (Å²) >= 11 is 3.56. The fourth-order valence-corrected chi connectivity index (χ4v) is 2.28. The summed E-state index contributed by atoms with van der Waals surface area (Å²) in [6.45, 7) is 8.42. The van der Waals surface area contributed by atoms with E-state index in [9.17, 15) is 0 Å². The molecule has 0 unspecified atom stereocenters. The highest BCUT2D eigenvalue weighted by molar-refractivity contribution is 9.10. The lowest BCUT2D eigenvalue weighted by molar-refractivity contribution is 0.268. The maximum Gasteiger partial charge on any atom is 0.146 e. The summed E-state index contributed by atoms with van der Waals surface area (Å²) in [6, 6.07) is 6.05. The number of hydrogen-bond acceptors (Lipinski definition) is 3. The van der Waals surface area contributed by atoms with E-state index >= 15 is 0 Å². The average Bonchev–Trinajstić information content (AvgIpc) is 2.87. The fourth-order valence-electron chi connectivity index (χ4n) is 2.05. The molecule has 2 rings (SSSR count). The van der Waals surface area contributed by atoms with Gasteiger partial charge in [-0.05, 0) is 49.7 Å². The first kappa shape index (κ1) is 15.1.